The Morgan fingerprint density at radius 2 is 1.27 bits per heavy atom. The van der Waals surface area contributed by atoms with Crippen molar-refractivity contribution >= 4 is 21.9 Å². The van der Waals surface area contributed by atoms with E-state index in [1.165, 1.54) is 0 Å². The molecule has 0 aliphatic rings. The SMILES string of the molecule is c1cnccncc2ccccc2nc2ccccc2nc1. The number of hydrogen-bond acceptors (Lipinski definition) is 4. The zero-order chi connectivity index (χ0) is 15.0. The van der Waals surface area contributed by atoms with Gasteiger partial charge >= 0.3 is 0 Å². The van der Waals surface area contributed by atoms with E-state index in [-0.39, 0.29) is 0 Å². The van der Waals surface area contributed by atoms with Crippen molar-refractivity contribution < 1.29 is 0 Å². The summed E-state index contributed by atoms with van der Waals surface area (Å²) in [4.78, 5) is 17.4. The maximum absolute atomic E-state index is 4.71. The molecule has 0 N–H and O–H groups in total. The molecule has 22 heavy (non-hydrogen) atoms. The fourth-order valence-electron chi connectivity index (χ4n) is 1.96. The average molecular weight is 286 g/mol. The molecule has 3 rings (SSSR count). The van der Waals surface area contributed by atoms with Gasteiger partial charge in [-0.2, -0.15) is 0 Å². The van der Waals surface area contributed by atoms with Gasteiger partial charge in [-0.1, -0.05) is 30.3 Å². The number of fused-ring (bicyclic) bond motifs is 2. The van der Waals surface area contributed by atoms with Crippen LogP contribution in [0.3, 0.4) is 0 Å². The van der Waals surface area contributed by atoms with Crippen LogP contribution in [0.15, 0.2) is 85.6 Å². The lowest BCUT2D eigenvalue weighted by molar-refractivity contribution is 1.27. The molecule has 0 bridgehead atoms. The predicted molar refractivity (Wildman–Crippen MR) is 87.9 cm³/mol. The molecule has 0 saturated carbocycles. The van der Waals surface area contributed by atoms with E-state index >= 15 is 0 Å². The van der Waals surface area contributed by atoms with Gasteiger partial charge in [-0.3, -0.25) is 15.0 Å². The highest BCUT2D eigenvalue weighted by Gasteiger charge is 1.92. The predicted octanol–water partition coefficient (Wildman–Crippen LogP) is 3.82. The molecule has 0 aliphatic carbocycles. The Morgan fingerprint density at radius 3 is 2.18 bits per heavy atom. The van der Waals surface area contributed by atoms with Crippen LogP contribution in [0, 0.1) is 0 Å². The van der Waals surface area contributed by atoms with Crippen molar-refractivity contribution in [1.82, 2.24) is 19.9 Å². The first-order chi connectivity index (χ1) is 10.9. The third-order valence-electron chi connectivity index (χ3n) is 2.98. The molecule has 1 heterocycles. The highest BCUT2D eigenvalue weighted by atomic mass is 14.7. The van der Waals surface area contributed by atoms with Crippen LogP contribution >= 0.6 is 0 Å². The Labute approximate surface area is 128 Å². The summed E-state index contributed by atoms with van der Waals surface area (Å²) in [7, 11) is 0. The first-order valence-corrected chi connectivity index (χ1v) is 6.91. The van der Waals surface area contributed by atoms with Crippen molar-refractivity contribution in [1.29, 1.82) is 0 Å². The lowest BCUT2D eigenvalue weighted by atomic mass is 10.2. The van der Waals surface area contributed by atoms with Crippen molar-refractivity contribution in [2.45, 2.75) is 0 Å². The number of nitrogens with zero attached hydrogens (tertiary/aromatic N) is 4. The van der Waals surface area contributed by atoms with Crippen LogP contribution in [-0.4, -0.2) is 19.9 Å². The van der Waals surface area contributed by atoms with Crippen LogP contribution in [0.5, 0.6) is 0 Å². The lowest BCUT2D eigenvalue weighted by Gasteiger charge is -1.93. The molecule has 106 valence electrons. The van der Waals surface area contributed by atoms with Gasteiger partial charge in [0.05, 0.1) is 16.6 Å². The summed E-state index contributed by atoms with van der Waals surface area (Å²) in [5.41, 5.74) is 2.48. The quantitative estimate of drug-likeness (QED) is 0.630. The van der Waals surface area contributed by atoms with Gasteiger partial charge in [0, 0.05) is 36.4 Å². The Hall–Kier alpha value is -3.14. The molecule has 0 radical (unpaired) electrons. The molecule has 0 amide bonds. The van der Waals surface area contributed by atoms with Crippen LogP contribution in [0.25, 0.3) is 21.9 Å². The smallest absolute Gasteiger partial charge is 0.0893 e. The van der Waals surface area contributed by atoms with Gasteiger partial charge in [0.15, 0.2) is 0 Å². The first-order valence-electron chi connectivity index (χ1n) is 6.91. The highest BCUT2D eigenvalue weighted by Crippen LogP contribution is 2.10. The van der Waals surface area contributed by atoms with E-state index in [0.717, 1.165) is 21.9 Å². The van der Waals surface area contributed by atoms with E-state index in [0.29, 0.717) is 0 Å². The van der Waals surface area contributed by atoms with Crippen LogP contribution in [0.4, 0.5) is 0 Å². The minimum Gasteiger partial charge on any atom is -0.263 e. The molecule has 0 spiro atoms. The van der Waals surface area contributed by atoms with E-state index in [1.807, 2.05) is 48.5 Å². The lowest BCUT2D eigenvalue weighted by Crippen LogP contribution is -1.79. The van der Waals surface area contributed by atoms with E-state index in [4.69, 9.17) is 4.98 Å². The second-order valence-electron chi connectivity index (χ2n) is 4.50. The summed E-state index contributed by atoms with van der Waals surface area (Å²) in [5, 5.41) is 0.943. The van der Waals surface area contributed by atoms with Crippen molar-refractivity contribution in [3.05, 3.63) is 85.6 Å². The second kappa shape index (κ2) is 7.04. The summed E-state index contributed by atoms with van der Waals surface area (Å²) < 4.78 is 0. The maximum atomic E-state index is 4.71. The molecule has 4 heteroatoms. The molecule has 0 unspecified atom stereocenters. The highest BCUT2D eigenvalue weighted by molar-refractivity contribution is 5.81. The number of benzene rings is 2. The van der Waals surface area contributed by atoms with Gasteiger partial charge in [0.2, 0.25) is 0 Å². The standard InChI is InChI=1S/C18H14N4/c1-2-7-16-15(6-1)14-20-13-12-19-10-5-11-21-17-8-3-4-9-18(17)22-16/h1-14H. The van der Waals surface area contributed by atoms with E-state index in [2.05, 4.69) is 15.0 Å². The zero-order valence-corrected chi connectivity index (χ0v) is 11.9. The number of aromatic nitrogens is 4. The third-order valence-corrected chi connectivity index (χ3v) is 2.98. The fraction of sp³-hybridized carbons (Fsp3) is 0. The average Bonchev–Trinajstić information content (AvgIpc) is 2.55. The van der Waals surface area contributed by atoms with Gasteiger partial charge in [-0.15, -0.1) is 0 Å². The number of para-hydroxylation sites is 3. The van der Waals surface area contributed by atoms with Crippen LogP contribution < -0.4 is 0 Å². The summed E-state index contributed by atoms with van der Waals surface area (Å²) >= 11 is 0. The molecule has 0 fully saturated rings. The Balaban J connectivity index is 2.41. The van der Waals surface area contributed by atoms with Crippen LogP contribution in [0.2, 0.25) is 0 Å². The number of rotatable bonds is 0. The fourth-order valence-corrected chi connectivity index (χ4v) is 1.96. The normalized spacial score (nSPS) is 9.82. The van der Waals surface area contributed by atoms with Gasteiger partial charge in [0.25, 0.3) is 0 Å². The van der Waals surface area contributed by atoms with E-state index in [9.17, 15) is 0 Å². The third kappa shape index (κ3) is 3.49. The molecule has 0 aliphatic heterocycles. The summed E-state index contributed by atoms with van der Waals surface area (Å²) in [6.07, 6.45) is 8.39. The van der Waals surface area contributed by atoms with Gasteiger partial charge in [-0.05, 0) is 24.3 Å². The van der Waals surface area contributed by atoms with E-state index < -0.39 is 0 Å². The first kappa shape index (κ1) is 13.8. The Morgan fingerprint density at radius 1 is 0.545 bits per heavy atom. The maximum Gasteiger partial charge on any atom is 0.0893 e. The minimum atomic E-state index is 0.812. The van der Waals surface area contributed by atoms with Crippen molar-refractivity contribution in [2.75, 3.05) is 0 Å². The zero-order valence-electron chi connectivity index (χ0n) is 11.9. The van der Waals surface area contributed by atoms with Crippen molar-refractivity contribution in [2.24, 2.45) is 0 Å². The van der Waals surface area contributed by atoms with Crippen molar-refractivity contribution in [3.8, 4) is 0 Å². The van der Waals surface area contributed by atoms with E-state index in [1.54, 1.807) is 37.1 Å². The minimum absolute atomic E-state index is 0.812. The van der Waals surface area contributed by atoms with Gasteiger partial charge < -0.3 is 0 Å². The monoisotopic (exact) mass is 286 g/mol. The van der Waals surface area contributed by atoms with Gasteiger partial charge in [-0.25, -0.2) is 4.98 Å². The Kier molecular flexibility index (Phi) is 4.42. The van der Waals surface area contributed by atoms with Crippen LogP contribution in [-0.2, 0) is 0 Å². The molecule has 3 aromatic rings. The summed E-state index contributed by atoms with van der Waals surface area (Å²) in [6, 6.07) is 17.4. The molecule has 0 saturated heterocycles. The van der Waals surface area contributed by atoms with Crippen LogP contribution in [0.1, 0.15) is 0 Å². The molecule has 2 aromatic carbocycles. The molecular weight excluding hydrogens is 272 g/mol. The molecule has 4 nitrogen and oxygen atoms in total. The summed E-state index contributed by atoms with van der Waals surface area (Å²) in [6.45, 7) is 0. The topological polar surface area (TPSA) is 51.6 Å². The molecule has 1 aromatic heterocycles. The molecule has 0 atom stereocenters. The summed E-state index contributed by atoms with van der Waals surface area (Å²) in [5.74, 6) is 0. The number of hydrogen-bond donors (Lipinski definition) is 0. The second-order valence-corrected chi connectivity index (χ2v) is 4.50. The van der Waals surface area contributed by atoms with Crippen molar-refractivity contribution in [3.63, 3.8) is 0 Å². The Bertz CT molecular complexity index is 834. The largest absolute Gasteiger partial charge is 0.263 e. The molecular formula is C18H14N4. The van der Waals surface area contributed by atoms with Gasteiger partial charge in [0.1, 0.15) is 0 Å².